The summed E-state index contributed by atoms with van der Waals surface area (Å²) in [4.78, 5) is 32.8. The van der Waals surface area contributed by atoms with Crippen LogP contribution in [0.1, 0.15) is 20.8 Å². The zero-order valence-corrected chi connectivity index (χ0v) is 10.9. The number of carbonyl (C=O) groups is 3. The van der Waals surface area contributed by atoms with E-state index in [-0.39, 0.29) is 31.5 Å². The van der Waals surface area contributed by atoms with E-state index in [0.29, 0.717) is 0 Å². The lowest BCUT2D eigenvalue weighted by molar-refractivity contribution is -0.142. The highest BCUT2D eigenvalue weighted by Gasteiger charge is 2.21. The molecule has 0 aromatic carbocycles. The fourth-order valence-electron chi connectivity index (χ4n) is 0.910. The Morgan fingerprint density at radius 3 is 2.28 bits per heavy atom. The second-order valence-corrected chi connectivity index (χ2v) is 4.73. The fourth-order valence-corrected chi connectivity index (χ4v) is 0.910. The van der Waals surface area contributed by atoms with Gasteiger partial charge in [0.05, 0.1) is 13.2 Å². The Morgan fingerprint density at radius 1 is 1.17 bits per heavy atom. The molecule has 0 rings (SSSR count). The molecule has 0 aliphatic carbocycles. The standard InChI is InChI=1S/C11H20N2O5/c1-11(2,3)10(17)13-6-8(14)12-4-5-18-7-9(15)16/h4-7H2,1-3H3,(H,12,14)(H,13,17)(H,15,16). The van der Waals surface area contributed by atoms with E-state index in [1.807, 2.05) is 0 Å². The van der Waals surface area contributed by atoms with E-state index >= 15 is 0 Å². The van der Waals surface area contributed by atoms with Crippen LogP contribution in [0.4, 0.5) is 0 Å². The van der Waals surface area contributed by atoms with Gasteiger partial charge in [0.15, 0.2) is 0 Å². The van der Waals surface area contributed by atoms with Gasteiger partial charge in [-0.1, -0.05) is 20.8 Å². The van der Waals surface area contributed by atoms with Crippen molar-refractivity contribution in [3.63, 3.8) is 0 Å². The predicted octanol–water partition coefficient (Wildman–Crippen LogP) is -0.634. The molecule has 0 aliphatic rings. The first kappa shape index (κ1) is 16.4. The minimum absolute atomic E-state index is 0.102. The van der Waals surface area contributed by atoms with Crippen LogP contribution < -0.4 is 10.6 Å². The molecule has 0 spiro atoms. The highest BCUT2D eigenvalue weighted by atomic mass is 16.5. The van der Waals surface area contributed by atoms with Gasteiger partial charge >= 0.3 is 5.97 Å². The molecule has 2 amide bonds. The molecule has 0 fully saturated rings. The molecule has 7 heteroatoms. The van der Waals surface area contributed by atoms with Crippen LogP contribution in [-0.4, -0.2) is 49.2 Å². The van der Waals surface area contributed by atoms with Crippen molar-refractivity contribution in [2.75, 3.05) is 26.3 Å². The number of rotatable bonds is 7. The average Bonchev–Trinajstić information content (AvgIpc) is 2.23. The molecule has 104 valence electrons. The number of aliphatic carboxylic acids is 1. The molecule has 0 saturated carbocycles. The number of nitrogens with one attached hydrogen (secondary N) is 2. The molecule has 0 aromatic rings. The zero-order valence-electron chi connectivity index (χ0n) is 10.9. The Morgan fingerprint density at radius 2 is 1.78 bits per heavy atom. The summed E-state index contributed by atoms with van der Waals surface area (Å²) < 4.78 is 4.72. The molecule has 0 saturated heterocycles. The van der Waals surface area contributed by atoms with Crippen LogP contribution in [-0.2, 0) is 19.1 Å². The molecule has 0 bridgehead atoms. The van der Waals surface area contributed by atoms with E-state index in [4.69, 9.17) is 9.84 Å². The molecule has 18 heavy (non-hydrogen) atoms. The van der Waals surface area contributed by atoms with Crippen LogP contribution in [0.5, 0.6) is 0 Å². The van der Waals surface area contributed by atoms with Gasteiger partial charge in [0, 0.05) is 12.0 Å². The van der Waals surface area contributed by atoms with E-state index in [2.05, 4.69) is 10.6 Å². The Hall–Kier alpha value is -1.63. The third-order valence-electron chi connectivity index (χ3n) is 1.88. The fraction of sp³-hybridized carbons (Fsp3) is 0.727. The van der Waals surface area contributed by atoms with Gasteiger partial charge in [0.2, 0.25) is 11.8 Å². The number of hydrogen-bond acceptors (Lipinski definition) is 4. The highest BCUT2D eigenvalue weighted by molar-refractivity contribution is 5.87. The van der Waals surface area contributed by atoms with E-state index in [1.54, 1.807) is 20.8 Å². The summed E-state index contributed by atoms with van der Waals surface area (Å²) >= 11 is 0. The van der Waals surface area contributed by atoms with Crippen molar-refractivity contribution in [3.8, 4) is 0 Å². The summed E-state index contributed by atoms with van der Waals surface area (Å²) in [5, 5.41) is 13.3. The number of carbonyl (C=O) groups excluding carboxylic acids is 2. The van der Waals surface area contributed by atoms with Gasteiger partial charge in [-0.2, -0.15) is 0 Å². The SMILES string of the molecule is CC(C)(C)C(=O)NCC(=O)NCCOCC(=O)O. The van der Waals surface area contributed by atoms with E-state index in [0.717, 1.165) is 0 Å². The molecule has 0 radical (unpaired) electrons. The molecule has 7 nitrogen and oxygen atoms in total. The van der Waals surface area contributed by atoms with Crippen molar-refractivity contribution in [2.24, 2.45) is 5.41 Å². The van der Waals surface area contributed by atoms with Crippen molar-refractivity contribution in [1.82, 2.24) is 10.6 Å². The summed E-state index contributed by atoms with van der Waals surface area (Å²) in [5.74, 6) is -1.61. The normalized spacial score (nSPS) is 10.8. The highest BCUT2D eigenvalue weighted by Crippen LogP contribution is 2.11. The lowest BCUT2D eigenvalue weighted by Crippen LogP contribution is -2.42. The van der Waals surface area contributed by atoms with Gasteiger partial charge in [-0.3, -0.25) is 9.59 Å². The van der Waals surface area contributed by atoms with Gasteiger partial charge in [0.25, 0.3) is 0 Å². The molecular formula is C11H20N2O5. The molecule has 0 aliphatic heterocycles. The second kappa shape index (κ2) is 7.65. The molecule has 0 atom stereocenters. The van der Waals surface area contributed by atoms with E-state index in [1.165, 1.54) is 0 Å². The number of carboxylic acids is 1. The maximum atomic E-state index is 11.4. The van der Waals surface area contributed by atoms with Crippen molar-refractivity contribution in [1.29, 1.82) is 0 Å². The second-order valence-electron chi connectivity index (χ2n) is 4.73. The summed E-state index contributed by atoms with van der Waals surface area (Å²) in [5.41, 5.74) is -0.537. The van der Waals surface area contributed by atoms with Crippen molar-refractivity contribution >= 4 is 17.8 Å². The quantitative estimate of drug-likeness (QED) is 0.528. The van der Waals surface area contributed by atoms with Gasteiger partial charge < -0.3 is 20.5 Å². The summed E-state index contributed by atoms with van der Waals surface area (Å²) in [6.45, 7) is 5.08. The number of carboxylic acid groups (broad SMARTS) is 1. The third-order valence-corrected chi connectivity index (χ3v) is 1.88. The number of hydrogen-bond donors (Lipinski definition) is 3. The molecule has 0 heterocycles. The van der Waals surface area contributed by atoms with Crippen LogP contribution in [0.2, 0.25) is 0 Å². The van der Waals surface area contributed by atoms with Crippen LogP contribution in [0.3, 0.4) is 0 Å². The smallest absolute Gasteiger partial charge is 0.329 e. The monoisotopic (exact) mass is 260 g/mol. The minimum atomic E-state index is -1.06. The number of ether oxygens (including phenoxy) is 1. The first-order chi connectivity index (χ1) is 8.23. The Balaban J connectivity index is 3.61. The van der Waals surface area contributed by atoms with Crippen LogP contribution in [0.25, 0.3) is 0 Å². The lowest BCUT2D eigenvalue weighted by atomic mass is 9.96. The zero-order chi connectivity index (χ0) is 14.2. The predicted molar refractivity (Wildman–Crippen MR) is 63.9 cm³/mol. The van der Waals surface area contributed by atoms with Gasteiger partial charge in [0.1, 0.15) is 6.61 Å². The minimum Gasteiger partial charge on any atom is -0.480 e. The van der Waals surface area contributed by atoms with Crippen molar-refractivity contribution in [2.45, 2.75) is 20.8 Å². The Bertz CT molecular complexity index is 309. The molecule has 0 aromatic heterocycles. The topological polar surface area (TPSA) is 105 Å². The maximum Gasteiger partial charge on any atom is 0.329 e. The summed E-state index contributed by atoms with van der Waals surface area (Å²) in [6, 6.07) is 0. The molecular weight excluding hydrogens is 240 g/mol. The first-order valence-corrected chi connectivity index (χ1v) is 5.58. The number of amides is 2. The average molecular weight is 260 g/mol. The van der Waals surface area contributed by atoms with E-state index < -0.39 is 18.0 Å². The van der Waals surface area contributed by atoms with Crippen molar-refractivity contribution < 1.29 is 24.2 Å². The molecule has 0 unspecified atom stereocenters. The summed E-state index contributed by atoms with van der Waals surface area (Å²) in [6.07, 6.45) is 0. The van der Waals surface area contributed by atoms with Crippen molar-refractivity contribution in [3.05, 3.63) is 0 Å². The third kappa shape index (κ3) is 8.51. The Labute approximate surface area is 106 Å². The van der Waals surface area contributed by atoms with Gasteiger partial charge in [-0.25, -0.2) is 4.79 Å². The van der Waals surface area contributed by atoms with Crippen LogP contribution >= 0.6 is 0 Å². The van der Waals surface area contributed by atoms with Gasteiger partial charge in [-0.05, 0) is 0 Å². The van der Waals surface area contributed by atoms with Crippen LogP contribution in [0.15, 0.2) is 0 Å². The lowest BCUT2D eigenvalue weighted by Gasteiger charge is -2.17. The van der Waals surface area contributed by atoms with Gasteiger partial charge in [-0.15, -0.1) is 0 Å². The summed E-state index contributed by atoms with van der Waals surface area (Å²) in [7, 11) is 0. The maximum absolute atomic E-state index is 11.4. The molecule has 3 N–H and O–H groups in total. The largest absolute Gasteiger partial charge is 0.480 e. The van der Waals surface area contributed by atoms with E-state index in [9.17, 15) is 14.4 Å². The van der Waals surface area contributed by atoms with Crippen LogP contribution in [0, 0.1) is 5.41 Å². The Kier molecular flexibility index (Phi) is 6.96. The first-order valence-electron chi connectivity index (χ1n) is 5.58.